The fourth-order valence-corrected chi connectivity index (χ4v) is 3.71. The van der Waals surface area contributed by atoms with Crippen molar-refractivity contribution in [2.75, 3.05) is 30.3 Å². The maximum atomic E-state index is 12.5. The molecule has 0 fully saturated rings. The summed E-state index contributed by atoms with van der Waals surface area (Å²) in [5.41, 5.74) is 0.376. The highest BCUT2D eigenvalue weighted by atomic mass is 35.5. The van der Waals surface area contributed by atoms with Gasteiger partial charge in [-0.25, -0.2) is 8.42 Å². The topological polar surface area (TPSA) is 75.7 Å². The second-order valence-corrected chi connectivity index (χ2v) is 7.60. The second-order valence-electron chi connectivity index (χ2n) is 5.30. The average molecular weight is 377 g/mol. The first kappa shape index (κ1) is 20.7. The summed E-state index contributed by atoms with van der Waals surface area (Å²) in [6.07, 6.45) is 2.10. The van der Waals surface area contributed by atoms with Crippen molar-refractivity contribution in [2.45, 2.75) is 32.7 Å². The van der Waals surface area contributed by atoms with Crippen molar-refractivity contribution in [3.05, 3.63) is 29.3 Å². The number of sulfonamides is 1. The zero-order valence-electron chi connectivity index (χ0n) is 14.3. The Morgan fingerprint density at radius 3 is 2.62 bits per heavy atom. The summed E-state index contributed by atoms with van der Waals surface area (Å²) in [6, 6.07) is 5.64. The molecule has 0 spiro atoms. The van der Waals surface area contributed by atoms with Crippen LogP contribution in [0.1, 0.15) is 26.7 Å². The van der Waals surface area contributed by atoms with Gasteiger partial charge in [-0.3, -0.25) is 9.10 Å². The van der Waals surface area contributed by atoms with E-state index in [1.54, 1.807) is 25.1 Å². The molecule has 0 aliphatic carbocycles. The molecule has 0 saturated heterocycles. The number of ether oxygens (including phenoxy) is 1. The van der Waals surface area contributed by atoms with Gasteiger partial charge >= 0.3 is 0 Å². The third-order valence-corrected chi connectivity index (χ3v) is 4.78. The van der Waals surface area contributed by atoms with E-state index < -0.39 is 16.1 Å². The molecule has 0 aromatic heterocycles. The minimum Gasteiger partial charge on any atom is -0.382 e. The van der Waals surface area contributed by atoms with Gasteiger partial charge in [-0.1, -0.05) is 24.6 Å². The van der Waals surface area contributed by atoms with Gasteiger partial charge < -0.3 is 10.1 Å². The van der Waals surface area contributed by atoms with Crippen molar-refractivity contribution < 1.29 is 17.9 Å². The van der Waals surface area contributed by atoms with Gasteiger partial charge in [0.05, 0.1) is 11.9 Å². The molecule has 8 heteroatoms. The monoisotopic (exact) mass is 376 g/mol. The van der Waals surface area contributed by atoms with Gasteiger partial charge in [-0.2, -0.15) is 0 Å². The molecule has 1 amide bonds. The Hall–Kier alpha value is -1.31. The number of carbonyl (C=O) groups excluding carboxylic acids is 1. The Labute approximate surface area is 149 Å². The summed E-state index contributed by atoms with van der Waals surface area (Å²) in [5.74, 6) is -0.334. The van der Waals surface area contributed by atoms with E-state index >= 15 is 0 Å². The van der Waals surface area contributed by atoms with Crippen LogP contribution in [0, 0.1) is 0 Å². The van der Waals surface area contributed by atoms with Crippen LogP contribution >= 0.6 is 11.6 Å². The van der Waals surface area contributed by atoms with Gasteiger partial charge in [0, 0.05) is 24.8 Å². The number of nitrogens with zero attached hydrogens (tertiary/aromatic N) is 1. The normalized spacial score (nSPS) is 12.7. The molecule has 1 N–H and O–H groups in total. The summed E-state index contributed by atoms with van der Waals surface area (Å²) in [5, 5.41) is 3.18. The SMILES string of the molecule is CCOCCCNC(=O)C(CC)N(c1cccc(Cl)c1)S(C)(=O)=O. The summed E-state index contributed by atoms with van der Waals surface area (Å²) in [7, 11) is -3.64. The number of hydrogen-bond acceptors (Lipinski definition) is 4. The van der Waals surface area contributed by atoms with E-state index in [9.17, 15) is 13.2 Å². The first-order chi connectivity index (χ1) is 11.3. The van der Waals surface area contributed by atoms with Crippen LogP contribution in [0.15, 0.2) is 24.3 Å². The van der Waals surface area contributed by atoms with Gasteiger partial charge in [0.25, 0.3) is 0 Å². The van der Waals surface area contributed by atoms with Crippen molar-refractivity contribution in [3.63, 3.8) is 0 Å². The lowest BCUT2D eigenvalue weighted by Gasteiger charge is -2.30. The van der Waals surface area contributed by atoms with Gasteiger partial charge in [-0.15, -0.1) is 0 Å². The van der Waals surface area contributed by atoms with E-state index in [1.807, 2.05) is 6.92 Å². The van der Waals surface area contributed by atoms with Crippen LogP contribution in [0.5, 0.6) is 0 Å². The Kier molecular flexibility index (Phi) is 8.52. The largest absolute Gasteiger partial charge is 0.382 e. The van der Waals surface area contributed by atoms with E-state index in [0.717, 1.165) is 10.6 Å². The summed E-state index contributed by atoms with van der Waals surface area (Å²) in [6.45, 7) is 5.29. The predicted octanol–water partition coefficient (Wildman–Crippen LogP) is 2.43. The third-order valence-electron chi connectivity index (χ3n) is 3.36. The van der Waals surface area contributed by atoms with Crippen molar-refractivity contribution in [2.24, 2.45) is 0 Å². The molecule has 24 heavy (non-hydrogen) atoms. The maximum Gasteiger partial charge on any atom is 0.243 e. The van der Waals surface area contributed by atoms with Crippen LogP contribution in [0.25, 0.3) is 0 Å². The van der Waals surface area contributed by atoms with E-state index in [4.69, 9.17) is 16.3 Å². The molecule has 1 unspecified atom stereocenters. The van der Waals surface area contributed by atoms with Crippen LogP contribution in [0.4, 0.5) is 5.69 Å². The number of benzene rings is 1. The lowest BCUT2D eigenvalue weighted by molar-refractivity contribution is -0.122. The van der Waals surface area contributed by atoms with Crippen LogP contribution in [0.2, 0.25) is 5.02 Å². The Balaban J connectivity index is 2.92. The summed E-state index contributed by atoms with van der Waals surface area (Å²) >= 11 is 5.96. The summed E-state index contributed by atoms with van der Waals surface area (Å²) in [4.78, 5) is 12.5. The Bertz CT molecular complexity index is 637. The lowest BCUT2D eigenvalue weighted by atomic mass is 10.2. The molecule has 1 aromatic carbocycles. The molecular formula is C16H25ClN2O4S. The Morgan fingerprint density at radius 2 is 2.08 bits per heavy atom. The van der Waals surface area contributed by atoms with Crippen LogP contribution < -0.4 is 9.62 Å². The van der Waals surface area contributed by atoms with E-state index in [1.165, 1.54) is 6.07 Å². The number of hydrogen-bond donors (Lipinski definition) is 1. The maximum absolute atomic E-state index is 12.5. The molecule has 0 aliphatic heterocycles. The standard InChI is InChI=1S/C16H25ClN2O4S/c1-4-15(16(20)18-10-7-11-23-5-2)19(24(3,21)22)14-9-6-8-13(17)12-14/h6,8-9,12,15H,4-5,7,10-11H2,1-3H3,(H,18,20). The minimum absolute atomic E-state index is 0.334. The smallest absolute Gasteiger partial charge is 0.243 e. The molecular weight excluding hydrogens is 352 g/mol. The molecule has 6 nitrogen and oxygen atoms in total. The quantitative estimate of drug-likeness (QED) is 0.636. The van der Waals surface area contributed by atoms with Crippen LogP contribution in [-0.2, 0) is 19.6 Å². The molecule has 1 atom stereocenters. The average Bonchev–Trinajstić information content (AvgIpc) is 2.50. The fourth-order valence-electron chi connectivity index (χ4n) is 2.32. The van der Waals surface area contributed by atoms with Crippen LogP contribution in [0.3, 0.4) is 0 Å². The van der Waals surface area contributed by atoms with Crippen molar-refractivity contribution in [1.82, 2.24) is 5.32 Å². The van der Waals surface area contributed by atoms with Gasteiger partial charge in [0.1, 0.15) is 6.04 Å². The number of anilines is 1. The highest BCUT2D eigenvalue weighted by molar-refractivity contribution is 7.92. The number of amides is 1. The van der Waals surface area contributed by atoms with Gasteiger partial charge in [0.2, 0.25) is 15.9 Å². The molecule has 0 bridgehead atoms. The molecule has 0 radical (unpaired) electrons. The zero-order chi connectivity index (χ0) is 18.2. The van der Waals surface area contributed by atoms with Gasteiger partial charge in [0.15, 0.2) is 0 Å². The van der Waals surface area contributed by atoms with E-state index in [-0.39, 0.29) is 5.91 Å². The first-order valence-electron chi connectivity index (χ1n) is 7.91. The molecule has 136 valence electrons. The number of rotatable bonds is 10. The lowest BCUT2D eigenvalue weighted by Crippen LogP contribution is -2.49. The zero-order valence-corrected chi connectivity index (χ0v) is 15.9. The molecule has 0 saturated carbocycles. The first-order valence-corrected chi connectivity index (χ1v) is 10.1. The minimum atomic E-state index is -3.64. The third kappa shape index (κ3) is 6.30. The number of nitrogens with one attached hydrogen (secondary N) is 1. The second kappa shape index (κ2) is 9.86. The van der Waals surface area contributed by atoms with Gasteiger partial charge in [-0.05, 0) is 38.0 Å². The van der Waals surface area contributed by atoms with Crippen LogP contribution in [-0.4, -0.2) is 46.4 Å². The molecule has 0 heterocycles. The number of halogens is 1. The van der Waals surface area contributed by atoms with E-state index in [2.05, 4.69) is 5.32 Å². The summed E-state index contributed by atoms with van der Waals surface area (Å²) < 4.78 is 30.8. The highest BCUT2D eigenvalue weighted by Gasteiger charge is 2.31. The number of carbonyl (C=O) groups is 1. The van der Waals surface area contributed by atoms with E-state index in [0.29, 0.717) is 43.3 Å². The fraction of sp³-hybridized carbons (Fsp3) is 0.562. The van der Waals surface area contributed by atoms with Crippen molar-refractivity contribution in [3.8, 4) is 0 Å². The van der Waals surface area contributed by atoms with Crippen molar-refractivity contribution in [1.29, 1.82) is 0 Å². The Morgan fingerprint density at radius 1 is 1.38 bits per heavy atom. The highest BCUT2D eigenvalue weighted by Crippen LogP contribution is 2.25. The predicted molar refractivity (Wildman–Crippen MR) is 97.0 cm³/mol. The van der Waals surface area contributed by atoms with Crippen molar-refractivity contribution >= 4 is 33.2 Å². The molecule has 1 rings (SSSR count). The molecule has 1 aromatic rings. The molecule has 0 aliphatic rings.